The summed E-state index contributed by atoms with van der Waals surface area (Å²) >= 11 is 7.19. The number of rotatable bonds is 4. The molecule has 0 radical (unpaired) electrons. The third-order valence-corrected chi connectivity index (χ3v) is 4.62. The topological polar surface area (TPSA) is 137 Å². The first kappa shape index (κ1) is 18.5. The molecule has 1 saturated heterocycles. The number of aliphatic hydroxyl groups is 4. The Hall–Kier alpha value is -0.880. The molecular weight excluding hydrogens is 350 g/mol. The van der Waals surface area contributed by atoms with Crippen LogP contribution in [0, 0.1) is 0 Å². The zero-order valence-corrected chi connectivity index (χ0v) is 14.0. The molecule has 0 aliphatic carbocycles. The monoisotopic (exact) mass is 367 g/mol. The van der Waals surface area contributed by atoms with E-state index in [4.69, 9.17) is 21.4 Å². The van der Waals surface area contributed by atoms with E-state index in [1.165, 1.54) is 23.4 Å². The lowest BCUT2D eigenvalue weighted by Gasteiger charge is -2.40. The Morgan fingerprint density at radius 3 is 2.57 bits per heavy atom. The predicted molar refractivity (Wildman–Crippen MR) is 83.7 cm³/mol. The Bertz CT molecular complexity index is 628. The number of hydrogen-bond acceptors (Lipinski definition) is 9. The Morgan fingerprint density at radius 2 is 2.00 bits per heavy atom. The number of hydrogen-bond donors (Lipinski definition) is 5. The summed E-state index contributed by atoms with van der Waals surface area (Å²) < 4.78 is 6.57. The van der Waals surface area contributed by atoms with Crippen LogP contribution < -0.4 is 10.9 Å². The maximum atomic E-state index is 12.0. The van der Waals surface area contributed by atoms with Crippen LogP contribution in [0.25, 0.3) is 0 Å². The number of nitrogens with one attached hydrogen (secondary N) is 1. The smallest absolute Gasteiger partial charge is 0.274 e. The molecule has 5 atom stereocenters. The molecule has 1 aromatic rings. The van der Waals surface area contributed by atoms with Gasteiger partial charge in [0.2, 0.25) is 0 Å². The van der Waals surface area contributed by atoms with Gasteiger partial charge in [-0.3, -0.25) is 9.36 Å². The first-order valence-corrected chi connectivity index (χ1v) is 8.29. The summed E-state index contributed by atoms with van der Waals surface area (Å²) in [5, 5.41) is 41.5. The van der Waals surface area contributed by atoms with Crippen LogP contribution in [0.1, 0.15) is 0 Å². The molecule has 0 aromatic carbocycles. The Morgan fingerprint density at radius 1 is 1.35 bits per heavy atom. The molecule has 11 heteroatoms. The van der Waals surface area contributed by atoms with E-state index in [9.17, 15) is 20.1 Å². The van der Waals surface area contributed by atoms with Crippen LogP contribution in [-0.4, -0.2) is 73.5 Å². The Balaban J connectivity index is 2.31. The summed E-state index contributed by atoms with van der Waals surface area (Å²) in [6.45, 7) is -0.559. The van der Waals surface area contributed by atoms with E-state index < -0.39 is 42.8 Å². The minimum atomic E-state index is -1.54. The maximum absolute atomic E-state index is 12.0. The standard InChI is InChI=1S/C12H18ClN3O6S/c1-16-11(21)5(13)9(15-12(16)23-2)14-10-8(20)7(19)6(18)4(3-17)22-10/h4,6-8,10,14,17-20H,3H2,1-2H3/t4-,6+,7+,8+,10-/m0/s1. The van der Waals surface area contributed by atoms with Crippen molar-refractivity contribution in [1.29, 1.82) is 0 Å². The van der Waals surface area contributed by atoms with Crippen LogP contribution in [0.4, 0.5) is 5.82 Å². The SMILES string of the molecule is CSc1nc(N[C@H]2O[C@@H](CO)[C@@H](O)[C@@H](O)[C@H]2O)c(Cl)c(=O)n1C. The number of nitrogens with zero attached hydrogens (tertiary/aromatic N) is 2. The molecule has 1 aliphatic rings. The first-order chi connectivity index (χ1) is 10.8. The molecule has 1 aliphatic heterocycles. The second kappa shape index (κ2) is 7.34. The second-order valence-corrected chi connectivity index (χ2v) is 6.17. The van der Waals surface area contributed by atoms with Gasteiger partial charge in [0.1, 0.15) is 29.4 Å². The molecular formula is C12H18ClN3O6S. The largest absolute Gasteiger partial charge is 0.394 e. The van der Waals surface area contributed by atoms with E-state index in [-0.39, 0.29) is 10.8 Å². The molecule has 2 rings (SSSR count). The summed E-state index contributed by atoms with van der Waals surface area (Å²) in [7, 11) is 1.52. The van der Waals surface area contributed by atoms with Crippen molar-refractivity contribution in [3.05, 3.63) is 15.4 Å². The van der Waals surface area contributed by atoms with Gasteiger partial charge in [-0.25, -0.2) is 4.98 Å². The Kier molecular flexibility index (Phi) is 5.89. The third-order valence-electron chi connectivity index (χ3n) is 3.55. The highest BCUT2D eigenvalue weighted by Crippen LogP contribution is 2.25. The quantitative estimate of drug-likeness (QED) is 0.313. The fourth-order valence-electron chi connectivity index (χ4n) is 2.19. The lowest BCUT2D eigenvalue weighted by molar-refractivity contribution is -0.221. The summed E-state index contributed by atoms with van der Waals surface area (Å²) in [6.07, 6.45) is -5.07. The van der Waals surface area contributed by atoms with Crippen LogP contribution in [0.2, 0.25) is 5.02 Å². The van der Waals surface area contributed by atoms with Crippen molar-refractivity contribution in [3.63, 3.8) is 0 Å². The van der Waals surface area contributed by atoms with E-state index in [2.05, 4.69) is 10.3 Å². The number of halogens is 1. The van der Waals surface area contributed by atoms with Gasteiger partial charge in [-0.2, -0.15) is 0 Å². The molecule has 23 heavy (non-hydrogen) atoms. The molecule has 9 nitrogen and oxygen atoms in total. The second-order valence-electron chi connectivity index (χ2n) is 5.02. The fourth-order valence-corrected chi connectivity index (χ4v) is 2.95. The average Bonchev–Trinajstić information content (AvgIpc) is 2.55. The number of aliphatic hydroxyl groups excluding tert-OH is 4. The normalized spacial score (nSPS) is 31.2. The molecule has 5 N–H and O–H groups in total. The summed E-state index contributed by atoms with van der Waals surface area (Å²) in [5.74, 6) is -0.0246. The van der Waals surface area contributed by atoms with Crippen molar-refractivity contribution in [2.24, 2.45) is 7.05 Å². The molecule has 1 aromatic heterocycles. The minimum Gasteiger partial charge on any atom is -0.394 e. The van der Waals surface area contributed by atoms with Crippen molar-refractivity contribution in [2.45, 2.75) is 35.8 Å². The molecule has 0 bridgehead atoms. The molecule has 0 unspecified atom stereocenters. The summed E-state index contributed by atoms with van der Waals surface area (Å²) in [4.78, 5) is 16.2. The van der Waals surface area contributed by atoms with Gasteiger partial charge in [0, 0.05) is 7.05 Å². The fraction of sp³-hybridized carbons (Fsp3) is 0.667. The van der Waals surface area contributed by atoms with Gasteiger partial charge in [0.05, 0.1) is 6.61 Å². The van der Waals surface area contributed by atoms with E-state index in [1.54, 1.807) is 6.26 Å². The van der Waals surface area contributed by atoms with Crippen molar-refractivity contribution in [1.82, 2.24) is 9.55 Å². The summed E-state index contributed by atoms with van der Waals surface area (Å²) in [6, 6.07) is 0. The number of aromatic nitrogens is 2. The zero-order chi connectivity index (χ0) is 17.3. The van der Waals surface area contributed by atoms with Crippen molar-refractivity contribution < 1.29 is 25.2 Å². The summed E-state index contributed by atoms with van der Waals surface area (Å²) in [5.41, 5.74) is -0.488. The van der Waals surface area contributed by atoms with Crippen molar-refractivity contribution >= 4 is 29.2 Å². The highest BCUT2D eigenvalue weighted by molar-refractivity contribution is 7.98. The van der Waals surface area contributed by atoms with E-state index in [1.807, 2.05) is 0 Å². The molecule has 0 spiro atoms. The van der Waals surface area contributed by atoms with Crippen LogP contribution >= 0.6 is 23.4 Å². The maximum Gasteiger partial charge on any atom is 0.274 e. The number of ether oxygens (including phenoxy) is 1. The zero-order valence-electron chi connectivity index (χ0n) is 12.4. The number of anilines is 1. The van der Waals surface area contributed by atoms with Gasteiger partial charge in [-0.05, 0) is 6.26 Å². The first-order valence-electron chi connectivity index (χ1n) is 6.69. The van der Waals surface area contributed by atoms with Crippen LogP contribution in [0.3, 0.4) is 0 Å². The lowest BCUT2D eigenvalue weighted by atomic mass is 9.98. The molecule has 0 amide bonds. The minimum absolute atomic E-state index is 0.0246. The van der Waals surface area contributed by atoms with Gasteiger partial charge in [0.15, 0.2) is 17.2 Å². The molecule has 130 valence electrons. The Labute approximate surface area is 140 Å². The number of thioether (sulfide) groups is 1. The third kappa shape index (κ3) is 3.48. The van der Waals surface area contributed by atoms with Gasteiger partial charge in [0.25, 0.3) is 5.56 Å². The molecule has 2 heterocycles. The van der Waals surface area contributed by atoms with E-state index >= 15 is 0 Å². The lowest BCUT2D eigenvalue weighted by Crippen LogP contribution is -2.60. The van der Waals surface area contributed by atoms with Crippen LogP contribution in [0.5, 0.6) is 0 Å². The molecule has 1 fully saturated rings. The van der Waals surface area contributed by atoms with E-state index in [0.29, 0.717) is 5.16 Å². The van der Waals surface area contributed by atoms with Gasteiger partial charge < -0.3 is 30.5 Å². The van der Waals surface area contributed by atoms with Gasteiger partial charge >= 0.3 is 0 Å². The predicted octanol–water partition coefficient (Wildman–Crippen LogP) is -1.63. The highest BCUT2D eigenvalue weighted by Gasteiger charge is 2.43. The van der Waals surface area contributed by atoms with E-state index in [0.717, 1.165) is 0 Å². The highest BCUT2D eigenvalue weighted by atomic mass is 35.5. The van der Waals surface area contributed by atoms with Crippen molar-refractivity contribution in [3.8, 4) is 0 Å². The van der Waals surface area contributed by atoms with Gasteiger partial charge in [-0.1, -0.05) is 23.4 Å². The van der Waals surface area contributed by atoms with Crippen LogP contribution in [-0.2, 0) is 11.8 Å². The average molecular weight is 368 g/mol. The molecule has 0 saturated carbocycles. The van der Waals surface area contributed by atoms with Gasteiger partial charge in [-0.15, -0.1) is 0 Å². The van der Waals surface area contributed by atoms with Crippen LogP contribution in [0.15, 0.2) is 9.95 Å². The van der Waals surface area contributed by atoms with Crippen molar-refractivity contribution in [2.75, 3.05) is 18.2 Å².